The van der Waals surface area contributed by atoms with Crippen molar-refractivity contribution < 1.29 is 9.50 Å². The van der Waals surface area contributed by atoms with E-state index in [9.17, 15) is 4.39 Å². The van der Waals surface area contributed by atoms with Crippen molar-refractivity contribution in [3.63, 3.8) is 0 Å². The highest BCUT2D eigenvalue weighted by atomic mass is 19.1. The van der Waals surface area contributed by atoms with Crippen LogP contribution in [-0.2, 0) is 0 Å². The summed E-state index contributed by atoms with van der Waals surface area (Å²) < 4.78 is 12.5. The zero-order valence-electron chi connectivity index (χ0n) is 6.65. The average molecular weight is 166 g/mol. The smallest absolute Gasteiger partial charge is 0.142 e. The van der Waals surface area contributed by atoms with Crippen molar-refractivity contribution in [2.75, 3.05) is 6.61 Å². The second-order valence-corrected chi connectivity index (χ2v) is 2.47. The van der Waals surface area contributed by atoms with Crippen LogP contribution in [0.3, 0.4) is 0 Å². The number of rotatable bonds is 3. The van der Waals surface area contributed by atoms with Crippen molar-refractivity contribution in [3.05, 3.63) is 42.0 Å². The minimum Gasteiger partial charge on any atom is -0.393 e. The van der Waals surface area contributed by atoms with Crippen molar-refractivity contribution in [1.82, 2.24) is 0 Å². The molecule has 0 bridgehead atoms. The minimum atomic E-state index is -1.26. The van der Waals surface area contributed by atoms with Gasteiger partial charge in [-0.3, -0.25) is 0 Å². The summed E-state index contributed by atoms with van der Waals surface area (Å²) in [6.07, 6.45) is 1.74. The molecular weight excluding hydrogens is 155 g/mol. The van der Waals surface area contributed by atoms with Gasteiger partial charge < -0.3 is 5.11 Å². The summed E-state index contributed by atoms with van der Waals surface area (Å²) in [6.45, 7) is -0.455. The van der Waals surface area contributed by atoms with E-state index in [0.29, 0.717) is 0 Å². The van der Waals surface area contributed by atoms with Crippen molar-refractivity contribution in [2.45, 2.75) is 6.17 Å². The van der Waals surface area contributed by atoms with Crippen molar-refractivity contribution in [3.8, 4) is 0 Å². The van der Waals surface area contributed by atoms with E-state index in [1.807, 2.05) is 30.3 Å². The zero-order valence-corrected chi connectivity index (χ0v) is 6.65. The van der Waals surface area contributed by atoms with Crippen LogP contribution in [0.5, 0.6) is 0 Å². The predicted octanol–water partition coefficient (Wildman–Crippen LogP) is 2.03. The Labute approximate surface area is 71.2 Å². The molecule has 1 atom stereocenters. The fraction of sp³-hybridized carbons (Fsp3) is 0.200. The highest BCUT2D eigenvalue weighted by Gasteiger charge is 1.95. The molecular formula is C10H11FO. The molecule has 1 aromatic rings. The molecule has 0 aromatic heterocycles. The maximum Gasteiger partial charge on any atom is 0.142 e. The van der Waals surface area contributed by atoms with Crippen molar-refractivity contribution in [1.29, 1.82) is 0 Å². The Kier molecular flexibility index (Phi) is 3.48. The molecule has 1 N–H and O–H groups in total. The average Bonchev–Trinajstić information content (AvgIpc) is 2.16. The number of halogens is 1. The van der Waals surface area contributed by atoms with Gasteiger partial charge in [0.25, 0.3) is 0 Å². The van der Waals surface area contributed by atoms with Gasteiger partial charge in [0.05, 0.1) is 6.61 Å². The molecule has 2 heteroatoms. The third-order valence-electron chi connectivity index (χ3n) is 1.47. The predicted molar refractivity (Wildman–Crippen MR) is 47.5 cm³/mol. The van der Waals surface area contributed by atoms with E-state index < -0.39 is 12.8 Å². The molecule has 1 unspecified atom stereocenters. The van der Waals surface area contributed by atoms with Crippen LogP contribution < -0.4 is 0 Å². The molecule has 0 spiro atoms. The lowest BCUT2D eigenvalue weighted by Gasteiger charge is -1.95. The van der Waals surface area contributed by atoms with E-state index in [0.717, 1.165) is 5.56 Å². The highest BCUT2D eigenvalue weighted by Crippen LogP contribution is 2.02. The highest BCUT2D eigenvalue weighted by molar-refractivity contribution is 5.49. The molecule has 0 heterocycles. The Morgan fingerprint density at radius 3 is 2.58 bits per heavy atom. The summed E-state index contributed by atoms with van der Waals surface area (Å²) >= 11 is 0. The van der Waals surface area contributed by atoms with Crippen LogP contribution in [0.15, 0.2) is 36.4 Å². The Morgan fingerprint density at radius 2 is 2.00 bits per heavy atom. The summed E-state index contributed by atoms with van der Waals surface area (Å²) in [5.41, 5.74) is 0.939. The molecule has 0 fully saturated rings. The molecule has 0 aliphatic carbocycles. The SMILES string of the molecule is OCC(F)/C=C/c1ccccc1. The monoisotopic (exact) mass is 166 g/mol. The van der Waals surface area contributed by atoms with E-state index in [1.165, 1.54) is 6.08 Å². The van der Waals surface area contributed by atoms with Gasteiger partial charge in [-0.2, -0.15) is 0 Å². The number of aliphatic hydroxyl groups excluding tert-OH is 1. The van der Waals surface area contributed by atoms with Gasteiger partial charge in [0, 0.05) is 0 Å². The van der Waals surface area contributed by atoms with Gasteiger partial charge in [0.15, 0.2) is 0 Å². The molecule has 12 heavy (non-hydrogen) atoms. The maximum absolute atomic E-state index is 12.5. The number of benzene rings is 1. The molecule has 0 aliphatic heterocycles. The molecule has 0 saturated carbocycles. The molecule has 0 amide bonds. The molecule has 0 saturated heterocycles. The first kappa shape index (κ1) is 8.94. The number of hydrogen-bond donors (Lipinski definition) is 1. The molecule has 1 nitrogen and oxygen atoms in total. The number of hydrogen-bond acceptors (Lipinski definition) is 1. The summed E-state index contributed by atoms with van der Waals surface area (Å²) in [5, 5.41) is 8.39. The van der Waals surface area contributed by atoms with E-state index in [-0.39, 0.29) is 0 Å². The van der Waals surface area contributed by atoms with Crippen molar-refractivity contribution in [2.24, 2.45) is 0 Å². The van der Waals surface area contributed by atoms with Crippen LogP contribution in [0.25, 0.3) is 6.08 Å². The Morgan fingerprint density at radius 1 is 1.33 bits per heavy atom. The normalized spacial score (nSPS) is 13.5. The van der Waals surface area contributed by atoms with Gasteiger partial charge >= 0.3 is 0 Å². The van der Waals surface area contributed by atoms with Crippen molar-refractivity contribution >= 4 is 6.08 Å². The van der Waals surface area contributed by atoms with Crippen LogP contribution in [0, 0.1) is 0 Å². The van der Waals surface area contributed by atoms with Gasteiger partial charge in [-0.15, -0.1) is 0 Å². The third kappa shape index (κ3) is 2.84. The first-order valence-corrected chi connectivity index (χ1v) is 3.81. The largest absolute Gasteiger partial charge is 0.393 e. The molecule has 1 rings (SSSR count). The van der Waals surface area contributed by atoms with Crippen LogP contribution in [0.4, 0.5) is 4.39 Å². The Balaban J connectivity index is 2.58. The topological polar surface area (TPSA) is 20.2 Å². The van der Waals surface area contributed by atoms with Crippen LogP contribution >= 0.6 is 0 Å². The third-order valence-corrected chi connectivity index (χ3v) is 1.47. The minimum absolute atomic E-state index is 0.455. The van der Waals surface area contributed by atoms with Gasteiger partial charge in [-0.1, -0.05) is 36.4 Å². The first-order chi connectivity index (χ1) is 5.83. The van der Waals surface area contributed by atoms with E-state index in [2.05, 4.69) is 0 Å². The fourth-order valence-electron chi connectivity index (χ4n) is 0.841. The van der Waals surface area contributed by atoms with Gasteiger partial charge in [-0.25, -0.2) is 4.39 Å². The van der Waals surface area contributed by atoms with E-state index in [1.54, 1.807) is 6.08 Å². The summed E-state index contributed by atoms with van der Waals surface area (Å²) in [7, 11) is 0. The summed E-state index contributed by atoms with van der Waals surface area (Å²) in [6, 6.07) is 9.41. The molecule has 64 valence electrons. The van der Waals surface area contributed by atoms with Crippen LogP contribution in [-0.4, -0.2) is 17.9 Å². The summed E-state index contributed by atoms with van der Waals surface area (Å²) in [4.78, 5) is 0. The van der Waals surface area contributed by atoms with Gasteiger partial charge in [-0.05, 0) is 11.6 Å². The van der Waals surface area contributed by atoms with E-state index >= 15 is 0 Å². The van der Waals surface area contributed by atoms with Gasteiger partial charge in [0.2, 0.25) is 0 Å². The van der Waals surface area contributed by atoms with Gasteiger partial charge in [0.1, 0.15) is 6.17 Å². The van der Waals surface area contributed by atoms with E-state index in [4.69, 9.17) is 5.11 Å². The maximum atomic E-state index is 12.5. The first-order valence-electron chi connectivity index (χ1n) is 3.81. The summed E-state index contributed by atoms with van der Waals surface area (Å²) in [5.74, 6) is 0. The lowest BCUT2D eigenvalue weighted by atomic mass is 10.2. The number of aliphatic hydroxyl groups is 1. The van der Waals surface area contributed by atoms with Crippen LogP contribution in [0.1, 0.15) is 5.56 Å². The molecule has 0 radical (unpaired) electrons. The van der Waals surface area contributed by atoms with Crippen LogP contribution in [0.2, 0.25) is 0 Å². The Hall–Kier alpha value is -1.15. The number of alkyl halides is 1. The lowest BCUT2D eigenvalue weighted by molar-refractivity contribution is 0.210. The lowest BCUT2D eigenvalue weighted by Crippen LogP contribution is -2.00. The zero-order chi connectivity index (χ0) is 8.81. The molecule has 0 aliphatic rings. The molecule has 1 aromatic carbocycles. The quantitative estimate of drug-likeness (QED) is 0.728. The second kappa shape index (κ2) is 4.67. The Bertz CT molecular complexity index is 243. The fourth-order valence-corrected chi connectivity index (χ4v) is 0.841. The standard InChI is InChI=1S/C10H11FO/c11-10(8-12)7-6-9-4-2-1-3-5-9/h1-7,10,12H,8H2/b7-6+. The second-order valence-electron chi connectivity index (χ2n) is 2.47.